The summed E-state index contributed by atoms with van der Waals surface area (Å²) in [4.78, 5) is 15.6. The van der Waals surface area contributed by atoms with Gasteiger partial charge in [-0.3, -0.25) is 4.79 Å². The fourth-order valence-electron chi connectivity index (χ4n) is 3.03. The number of methoxy groups -OCH3 is 3. The molecule has 1 heterocycles. The van der Waals surface area contributed by atoms with E-state index in [4.69, 9.17) is 14.2 Å². The van der Waals surface area contributed by atoms with Crippen LogP contribution < -0.4 is 19.6 Å². The van der Waals surface area contributed by atoms with Gasteiger partial charge in [-0.05, 0) is 54.4 Å². The van der Waals surface area contributed by atoms with Crippen LogP contribution in [0, 0.1) is 6.92 Å². The number of rotatable bonds is 7. The summed E-state index contributed by atoms with van der Waals surface area (Å²) in [5, 5.41) is 5.01. The highest BCUT2D eigenvalue weighted by molar-refractivity contribution is 5.91. The summed E-state index contributed by atoms with van der Waals surface area (Å²) in [5.74, 6) is 1.78. The lowest BCUT2D eigenvalue weighted by molar-refractivity contribution is -0.120. The molecule has 1 aromatic heterocycles. The Hall–Kier alpha value is -3.48. The molecule has 0 aliphatic rings. The average molecular weight is 381 g/mol. The predicted molar refractivity (Wildman–Crippen MR) is 109 cm³/mol. The highest BCUT2D eigenvalue weighted by atomic mass is 16.5. The number of carbonyl (C=O) groups excluding carboxylic acids is 1. The number of nitrogens with one attached hydrogen (secondary N) is 2. The molecule has 28 heavy (non-hydrogen) atoms. The molecular formula is C21H23N3O4. The van der Waals surface area contributed by atoms with Crippen molar-refractivity contribution in [2.45, 2.75) is 13.3 Å². The molecule has 0 bridgehead atoms. The molecule has 3 aromatic rings. The first-order valence-electron chi connectivity index (χ1n) is 8.74. The topological polar surface area (TPSA) is 84.9 Å². The van der Waals surface area contributed by atoms with E-state index in [2.05, 4.69) is 15.5 Å². The van der Waals surface area contributed by atoms with Crippen LogP contribution in [-0.4, -0.2) is 38.4 Å². The standard InChI is InChI=1S/C21H23N3O4/c1-13-16(17-10-15(26-2)6-7-18(17)23-13)11-21(25)24-22-12-14-5-8-19(27-3)20(9-14)28-4/h5-10,12,23H,11H2,1-4H3,(H,24,25). The predicted octanol–water partition coefficient (Wildman–Crippen LogP) is 3.19. The molecule has 0 saturated heterocycles. The van der Waals surface area contributed by atoms with Gasteiger partial charge in [0.05, 0.1) is 34.0 Å². The number of aryl methyl sites for hydroxylation is 1. The van der Waals surface area contributed by atoms with E-state index < -0.39 is 0 Å². The van der Waals surface area contributed by atoms with Crippen LogP contribution in [0.5, 0.6) is 17.2 Å². The van der Waals surface area contributed by atoms with Crippen molar-refractivity contribution in [1.82, 2.24) is 10.4 Å². The minimum atomic E-state index is -0.205. The van der Waals surface area contributed by atoms with Gasteiger partial charge in [0.25, 0.3) is 0 Å². The first-order chi connectivity index (χ1) is 13.5. The van der Waals surface area contributed by atoms with Crippen LogP contribution in [0.3, 0.4) is 0 Å². The van der Waals surface area contributed by atoms with Gasteiger partial charge in [-0.25, -0.2) is 5.43 Å². The van der Waals surface area contributed by atoms with Crippen molar-refractivity contribution in [3.05, 3.63) is 53.2 Å². The van der Waals surface area contributed by atoms with Crippen molar-refractivity contribution in [3.63, 3.8) is 0 Å². The third kappa shape index (κ3) is 4.09. The Kier molecular flexibility index (Phi) is 5.84. The number of hydrogen-bond acceptors (Lipinski definition) is 5. The number of nitrogens with zero attached hydrogens (tertiary/aromatic N) is 1. The number of carbonyl (C=O) groups is 1. The Balaban J connectivity index is 1.70. The molecule has 2 N–H and O–H groups in total. The van der Waals surface area contributed by atoms with Crippen LogP contribution in [-0.2, 0) is 11.2 Å². The number of aromatic nitrogens is 1. The molecule has 7 nitrogen and oxygen atoms in total. The number of aromatic amines is 1. The van der Waals surface area contributed by atoms with Gasteiger partial charge in [-0.2, -0.15) is 5.10 Å². The third-order valence-electron chi connectivity index (χ3n) is 4.47. The Morgan fingerprint density at radius 3 is 2.57 bits per heavy atom. The summed E-state index contributed by atoms with van der Waals surface area (Å²) < 4.78 is 15.7. The van der Waals surface area contributed by atoms with Gasteiger partial charge >= 0.3 is 0 Å². The van der Waals surface area contributed by atoms with E-state index >= 15 is 0 Å². The SMILES string of the molecule is COc1ccc2[nH]c(C)c(CC(=O)NN=Cc3ccc(OC)c(OC)c3)c2c1. The van der Waals surface area contributed by atoms with Crippen molar-refractivity contribution in [3.8, 4) is 17.2 Å². The molecule has 0 radical (unpaired) electrons. The summed E-state index contributed by atoms with van der Waals surface area (Å²) in [5.41, 5.74) is 6.19. The van der Waals surface area contributed by atoms with Crippen LogP contribution in [0.15, 0.2) is 41.5 Å². The molecular weight excluding hydrogens is 358 g/mol. The lowest BCUT2D eigenvalue weighted by Gasteiger charge is -2.07. The zero-order valence-corrected chi connectivity index (χ0v) is 16.3. The number of amides is 1. The smallest absolute Gasteiger partial charge is 0.244 e. The molecule has 2 aromatic carbocycles. The largest absolute Gasteiger partial charge is 0.497 e. The van der Waals surface area contributed by atoms with Gasteiger partial charge in [0.15, 0.2) is 11.5 Å². The van der Waals surface area contributed by atoms with Crippen molar-refractivity contribution in [1.29, 1.82) is 0 Å². The first-order valence-corrected chi connectivity index (χ1v) is 8.74. The molecule has 0 fully saturated rings. The second-order valence-electron chi connectivity index (χ2n) is 6.22. The van der Waals surface area contributed by atoms with Crippen LogP contribution in [0.4, 0.5) is 0 Å². The van der Waals surface area contributed by atoms with E-state index in [0.717, 1.165) is 33.5 Å². The molecule has 0 spiro atoms. The monoisotopic (exact) mass is 381 g/mol. The summed E-state index contributed by atoms with van der Waals surface area (Å²) in [6.45, 7) is 1.95. The van der Waals surface area contributed by atoms with Gasteiger partial charge in [0.1, 0.15) is 5.75 Å². The Morgan fingerprint density at radius 2 is 1.86 bits per heavy atom. The maximum Gasteiger partial charge on any atom is 0.244 e. The van der Waals surface area contributed by atoms with Crippen LogP contribution in [0.1, 0.15) is 16.8 Å². The van der Waals surface area contributed by atoms with Gasteiger partial charge in [0, 0.05) is 16.6 Å². The van der Waals surface area contributed by atoms with E-state index in [-0.39, 0.29) is 12.3 Å². The van der Waals surface area contributed by atoms with E-state index in [1.54, 1.807) is 39.7 Å². The summed E-state index contributed by atoms with van der Waals surface area (Å²) in [6, 6.07) is 11.1. The first kappa shape index (κ1) is 19.3. The Labute approximate surface area is 163 Å². The summed E-state index contributed by atoms with van der Waals surface area (Å²) in [6.07, 6.45) is 1.77. The van der Waals surface area contributed by atoms with Crippen molar-refractivity contribution < 1.29 is 19.0 Å². The molecule has 3 rings (SSSR count). The molecule has 0 atom stereocenters. The maximum atomic E-state index is 12.4. The zero-order chi connectivity index (χ0) is 20.1. The molecule has 0 aliphatic carbocycles. The minimum Gasteiger partial charge on any atom is -0.497 e. The number of hydrazone groups is 1. The fourth-order valence-corrected chi connectivity index (χ4v) is 3.03. The Bertz CT molecular complexity index is 1020. The molecule has 7 heteroatoms. The second-order valence-corrected chi connectivity index (χ2v) is 6.22. The molecule has 0 aliphatic heterocycles. The quantitative estimate of drug-likeness (QED) is 0.486. The number of benzene rings is 2. The fraction of sp³-hybridized carbons (Fsp3) is 0.238. The van der Waals surface area contributed by atoms with Gasteiger partial charge in [-0.15, -0.1) is 0 Å². The van der Waals surface area contributed by atoms with Crippen LogP contribution in [0.25, 0.3) is 10.9 Å². The summed E-state index contributed by atoms with van der Waals surface area (Å²) >= 11 is 0. The van der Waals surface area contributed by atoms with E-state index in [1.165, 1.54) is 0 Å². The molecule has 0 saturated carbocycles. The maximum absolute atomic E-state index is 12.4. The van der Waals surface area contributed by atoms with E-state index in [0.29, 0.717) is 11.5 Å². The lowest BCUT2D eigenvalue weighted by atomic mass is 10.1. The van der Waals surface area contributed by atoms with E-state index in [1.807, 2.05) is 31.2 Å². The zero-order valence-electron chi connectivity index (χ0n) is 16.3. The normalized spacial score (nSPS) is 11.0. The van der Waals surface area contributed by atoms with Crippen molar-refractivity contribution in [2.75, 3.05) is 21.3 Å². The molecule has 1 amide bonds. The number of H-pyrrole nitrogens is 1. The van der Waals surface area contributed by atoms with Gasteiger partial charge < -0.3 is 19.2 Å². The third-order valence-corrected chi connectivity index (χ3v) is 4.47. The Morgan fingerprint density at radius 1 is 1.07 bits per heavy atom. The van der Waals surface area contributed by atoms with Crippen LogP contribution >= 0.6 is 0 Å². The minimum absolute atomic E-state index is 0.205. The number of fused-ring (bicyclic) bond motifs is 1. The second kappa shape index (κ2) is 8.47. The molecule has 0 unspecified atom stereocenters. The van der Waals surface area contributed by atoms with Gasteiger partial charge in [0.2, 0.25) is 5.91 Å². The highest BCUT2D eigenvalue weighted by Gasteiger charge is 2.13. The number of hydrogen-bond donors (Lipinski definition) is 2. The highest BCUT2D eigenvalue weighted by Crippen LogP contribution is 2.27. The number of ether oxygens (including phenoxy) is 3. The summed E-state index contributed by atoms with van der Waals surface area (Å²) in [7, 11) is 4.77. The van der Waals surface area contributed by atoms with Crippen molar-refractivity contribution >= 4 is 23.0 Å². The van der Waals surface area contributed by atoms with Crippen molar-refractivity contribution in [2.24, 2.45) is 5.10 Å². The molecule has 146 valence electrons. The van der Waals surface area contributed by atoms with Gasteiger partial charge in [-0.1, -0.05) is 0 Å². The van der Waals surface area contributed by atoms with E-state index in [9.17, 15) is 4.79 Å². The van der Waals surface area contributed by atoms with Crippen LogP contribution in [0.2, 0.25) is 0 Å². The lowest BCUT2D eigenvalue weighted by Crippen LogP contribution is -2.20. The average Bonchev–Trinajstić information content (AvgIpc) is 3.02.